The van der Waals surface area contributed by atoms with E-state index in [0.717, 1.165) is 0 Å². The fourth-order valence-electron chi connectivity index (χ4n) is 2.25. The molecular weight excluding hydrogens is 264 g/mol. The van der Waals surface area contributed by atoms with Gasteiger partial charge in [0.25, 0.3) is 0 Å². The van der Waals surface area contributed by atoms with E-state index >= 15 is 0 Å². The van der Waals surface area contributed by atoms with Gasteiger partial charge < -0.3 is 0 Å². The van der Waals surface area contributed by atoms with Crippen molar-refractivity contribution in [2.24, 2.45) is 0 Å². The minimum atomic E-state index is -1.24. The maximum Gasteiger partial charge on any atom is 0.328 e. The van der Waals surface area contributed by atoms with Crippen molar-refractivity contribution in [3.8, 4) is 0 Å². The Morgan fingerprint density at radius 3 is 2.10 bits per heavy atom. The lowest BCUT2D eigenvalue weighted by molar-refractivity contribution is 0.561. The van der Waals surface area contributed by atoms with Crippen LogP contribution in [0, 0.1) is 0 Å². The van der Waals surface area contributed by atoms with Gasteiger partial charge in [0.2, 0.25) is 0 Å². The minimum Gasteiger partial charge on any atom is -0.297 e. The van der Waals surface area contributed by atoms with Crippen LogP contribution in [0.25, 0.3) is 0 Å². The molecule has 2 aromatic rings. The summed E-state index contributed by atoms with van der Waals surface area (Å²) in [7, 11) is -1.24. The van der Waals surface area contributed by atoms with E-state index in [1.165, 1.54) is 10.8 Å². The summed E-state index contributed by atoms with van der Waals surface area (Å²) in [6.07, 6.45) is 3.73. The average Bonchev–Trinajstić information content (AvgIpc) is 2.71. The molecule has 0 radical (unpaired) electrons. The highest BCUT2D eigenvalue weighted by molar-refractivity contribution is 6.88. The highest BCUT2D eigenvalue weighted by Crippen LogP contribution is 2.06. The van der Waals surface area contributed by atoms with E-state index in [1.807, 2.05) is 26.2 Å². The van der Waals surface area contributed by atoms with Gasteiger partial charge in [-0.05, 0) is 19.4 Å². The Labute approximate surface area is 121 Å². The Balaban J connectivity index is 2.21. The number of hydrogen-bond acceptors (Lipinski definition) is 1. The van der Waals surface area contributed by atoms with Gasteiger partial charge in [0, 0.05) is 18.4 Å². The molecule has 0 atom stereocenters. The first-order valence-corrected chi connectivity index (χ1v) is 10.7. The molecule has 0 N–H and O–H groups in total. The van der Waals surface area contributed by atoms with Crippen LogP contribution in [0.5, 0.6) is 0 Å². The third-order valence-electron chi connectivity index (χ3n) is 3.60. The lowest BCUT2D eigenvalue weighted by atomic mass is 10.2. The van der Waals surface area contributed by atoms with Gasteiger partial charge in [-0.2, -0.15) is 0 Å². The maximum atomic E-state index is 12.2. The molecule has 20 heavy (non-hydrogen) atoms. The van der Waals surface area contributed by atoms with Gasteiger partial charge in [-0.1, -0.05) is 49.1 Å². The van der Waals surface area contributed by atoms with Crippen LogP contribution in [0.4, 0.5) is 0 Å². The van der Waals surface area contributed by atoms with Crippen molar-refractivity contribution in [3.63, 3.8) is 0 Å². The molecule has 1 heterocycles. The molecule has 0 amide bonds. The predicted octanol–water partition coefficient (Wildman–Crippen LogP) is 2.82. The van der Waals surface area contributed by atoms with Crippen LogP contribution < -0.4 is 10.9 Å². The molecule has 0 aliphatic rings. The molecule has 0 aliphatic carbocycles. The van der Waals surface area contributed by atoms with Crippen molar-refractivity contribution in [2.45, 2.75) is 46.1 Å². The molecule has 0 bridgehead atoms. The summed E-state index contributed by atoms with van der Waals surface area (Å²) in [5, 5.41) is 1.45. The van der Waals surface area contributed by atoms with E-state index in [2.05, 4.69) is 43.9 Å². The molecule has 0 fully saturated rings. The van der Waals surface area contributed by atoms with Gasteiger partial charge in [-0.15, -0.1) is 0 Å². The zero-order valence-electron chi connectivity index (χ0n) is 13.1. The third-order valence-corrected chi connectivity index (χ3v) is 5.67. The summed E-state index contributed by atoms with van der Waals surface area (Å²) in [4.78, 5) is 12.2. The number of aromatic nitrogens is 2. The Kier molecular flexibility index (Phi) is 4.04. The zero-order chi connectivity index (χ0) is 14.9. The first-order valence-electron chi connectivity index (χ1n) is 7.16. The molecule has 2 rings (SSSR count). The number of imidazole rings is 1. The number of benzene rings is 1. The lowest BCUT2D eigenvalue weighted by Gasteiger charge is -2.16. The van der Waals surface area contributed by atoms with Crippen molar-refractivity contribution in [1.29, 1.82) is 0 Å². The average molecular weight is 288 g/mol. The van der Waals surface area contributed by atoms with E-state index < -0.39 is 8.07 Å². The largest absolute Gasteiger partial charge is 0.328 e. The molecule has 0 saturated carbocycles. The number of hydrogen-bond donors (Lipinski definition) is 0. The van der Waals surface area contributed by atoms with Crippen LogP contribution >= 0.6 is 0 Å². The number of nitrogens with zero attached hydrogens (tertiary/aromatic N) is 2. The fourth-order valence-corrected chi connectivity index (χ4v) is 3.42. The molecule has 108 valence electrons. The molecule has 1 aromatic heterocycles. The summed E-state index contributed by atoms with van der Waals surface area (Å²) in [5.41, 5.74) is 1.24. The Hall–Kier alpha value is -1.55. The molecule has 0 aliphatic heterocycles. The summed E-state index contributed by atoms with van der Waals surface area (Å²) in [6.45, 7) is 11.7. The van der Waals surface area contributed by atoms with Crippen molar-refractivity contribution in [2.75, 3.05) is 0 Å². The molecular formula is C16H24N2OSi. The van der Waals surface area contributed by atoms with Crippen LogP contribution in [-0.2, 0) is 6.54 Å². The second-order valence-corrected chi connectivity index (χ2v) is 11.7. The molecule has 0 spiro atoms. The SMILES string of the molecule is CC(C)n1ccn(Cc2ccc([Si](C)(C)C)cc2)c1=O. The molecule has 0 saturated heterocycles. The summed E-state index contributed by atoms with van der Waals surface area (Å²) >= 11 is 0. The van der Waals surface area contributed by atoms with Gasteiger partial charge >= 0.3 is 5.69 Å². The maximum absolute atomic E-state index is 12.2. The van der Waals surface area contributed by atoms with Crippen molar-refractivity contribution in [1.82, 2.24) is 9.13 Å². The predicted molar refractivity (Wildman–Crippen MR) is 87.6 cm³/mol. The normalized spacial score (nSPS) is 12.1. The zero-order valence-corrected chi connectivity index (χ0v) is 14.1. The van der Waals surface area contributed by atoms with Crippen LogP contribution in [0.15, 0.2) is 41.5 Å². The van der Waals surface area contributed by atoms with Crippen molar-refractivity contribution >= 4 is 13.3 Å². The highest BCUT2D eigenvalue weighted by Gasteiger charge is 2.15. The van der Waals surface area contributed by atoms with Gasteiger partial charge in [-0.25, -0.2) is 4.79 Å². The van der Waals surface area contributed by atoms with E-state index in [1.54, 1.807) is 9.13 Å². The van der Waals surface area contributed by atoms with Crippen LogP contribution in [-0.4, -0.2) is 17.2 Å². The Morgan fingerprint density at radius 1 is 1.05 bits per heavy atom. The third kappa shape index (κ3) is 3.12. The summed E-state index contributed by atoms with van der Waals surface area (Å²) in [5.74, 6) is 0. The highest BCUT2D eigenvalue weighted by atomic mass is 28.3. The second kappa shape index (κ2) is 5.44. The Morgan fingerprint density at radius 2 is 1.65 bits per heavy atom. The first-order chi connectivity index (χ1) is 9.29. The van der Waals surface area contributed by atoms with Crippen LogP contribution in [0.1, 0.15) is 25.5 Å². The van der Waals surface area contributed by atoms with Crippen LogP contribution in [0.3, 0.4) is 0 Å². The summed E-state index contributed by atoms with van der Waals surface area (Å²) < 4.78 is 3.53. The standard InChI is InChI=1S/C16H24N2OSi/c1-13(2)18-11-10-17(16(18)19)12-14-6-8-15(9-7-14)20(3,4)5/h6-11,13H,12H2,1-5H3. The van der Waals surface area contributed by atoms with Crippen molar-refractivity contribution < 1.29 is 0 Å². The molecule has 0 unspecified atom stereocenters. The fraction of sp³-hybridized carbons (Fsp3) is 0.438. The smallest absolute Gasteiger partial charge is 0.297 e. The first kappa shape index (κ1) is 14.8. The quantitative estimate of drug-likeness (QED) is 0.795. The molecule has 1 aromatic carbocycles. The van der Waals surface area contributed by atoms with Gasteiger partial charge in [0.05, 0.1) is 14.6 Å². The van der Waals surface area contributed by atoms with E-state index in [9.17, 15) is 4.79 Å². The van der Waals surface area contributed by atoms with Gasteiger partial charge in [-0.3, -0.25) is 9.13 Å². The molecule has 3 nitrogen and oxygen atoms in total. The number of rotatable bonds is 4. The molecule has 4 heteroatoms. The minimum absolute atomic E-state index is 0.0641. The van der Waals surface area contributed by atoms with Gasteiger partial charge in [0.1, 0.15) is 0 Å². The second-order valence-electron chi connectivity index (χ2n) is 6.66. The van der Waals surface area contributed by atoms with E-state index in [0.29, 0.717) is 6.54 Å². The van der Waals surface area contributed by atoms with Crippen LogP contribution in [0.2, 0.25) is 19.6 Å². The van der Waals surface area contributed by atoms with E-state index in [4.69, 9.17) is 0 Å². The lowest BCUT2D eigenvalue weighted by Crippen LogP contribution is -2.37. The summed E-state index contributed by atoms with van der Waals surface area (Å²) in [6, 6.07) is 8.93. The van der Waals surface area contributed by atoms with Crippen molar-refractivity contribution in [3.05, 3.63) is 52.7 Å². The monoisotopic (exact) mass is 288 g/mol. The Bertz CT molecular complexity index is 630. The van der Waals surface area contributed by atoms with E-state index in [-0.39, 0.29) is 11.7 Å². The topological polar surface area (TPSA) is 26.9 Å². The van der Waals surface area contributed by atoms with Gasteiger partial charge in [0.15, 0.2) is 0 Å².